The maximum Gasteiger partial charge on any atom is 0.328 e. The number of nitrogens with zero attached hydrogens (tertiary/aromatic N) is 1. The average Bonchev–Trinajstić information content (AvgIpc) is 3.11. The van der Waals surface area contributed by atoms with E-state index >= 15 is 0 Å². The molecule has 1 N–H and O–H groups in total. The summed E-state index contributed by atoms with van der Waals surface area (Å²) in [4.78, 5) is 10.8. The molecule has 0 spiro atoms. The van der Waals surface area contributed by atoms with Gasteiger partial charge in [-0.3, -0.25) is 0 Å². The van der Waals surface area contributed by atoms with Gasteiger partial charge in [-0.2, -0.15) is 0 Å². The van der Waals surface area contributed by atoms with E-state index in [2.05, 4.69) is 47.2 Å². The van der Waals surface area contributed by atoms with E-state index in [-0.39, 0.29) is 5.82 Å². The van der Waals surface area contributed by atoms with Crippen molar-refractivity contribution in [3.63, 3.8) is 0 Å². The van der Waals surface area contributed by atoms with Gasteiger partial charge in [-0.25, -0.2) is 9.18 Å². The number of carboxylic acid groups (broad SMARTS) is 1. The van der Waals surface area contributed by atoms with Crippen LogP contribution in [0.3, 0.4) is 0 Å². The van der Waals surface area contributed by atoms with E-state index in [1.54, 1.807) is 6.07 Å². The lowest BCUT2D eigenvalue weighted by Gasteiger charge is -2.09. The number of hydrogen-bond donors (Lipinski definition) is 1. The summed E-state index contributed by atoms with van der Waals surface area (Å²) in [7, 11) is 0. The third-order valence-electron chi connectivity index (χ3n) is 4.94. The zero-order chi connectivity index (χ0) is 20.2. The van der Waals surface area contributed by atoms with Crippen LogP contribution in [0.4, 0.5) is 4.39 Å². The molecule has 144 valence electrons. The minimum Gasteiger partial charge on any atom is -0.478 e. The summed E-state index contributed by atoms with van der Waals surface area (Å²) >= 11 is 0. The highest BCUT2D eigenvalue weighted by Gasteiger charge is 2.07. The molecule has 4 aromatic rings. The van der Waals surface area contributed by atoms with Crippen LogP contribution in [0.1, 0.15) is 22.3 Å². The fraction of sp³-hybridized carbons (Fsp3) is 0.0800. The second-order valence-corrected chi connectivity index (χ2v) is 7.01. The lowest BCUT2D eigenvalue weighted by molar-refractivity contribution is -0.131. The Hall–Kier alpha value is -3.66. The predicted molar refractivity (Wildman–Crippen MR) is 113 cm³/mol. The highest BCUT2D eigenvalue weighted by Crippen LogP contribution is 2.23. The summed E-state index contributed by atoms with van der Waals surface area (Å²) in [6.07, 6.45) is 5.15. The summed E-state index contributed by atoms with van der Waals surface area (Å²) in [5, 5.41) is 10.0. The quantitative estimate of drug-likeness (QED) is 0.444. The Morgan fingerprint density at radius 3 is 2.59 bits per heavy atom. The van der Waals surface area contributed by atoms with Gasteiger partial charge in [-0.1, -0.05) is 42.5 Å². The minimum atomic E-state index is -1.05. The van der Waals surface area contributed by atoms with Crippen molar-refractivity contribution in [3.8, 4) is 0 Å². The molecule has 29 heavy (non-hydrogen) atoms. The van der Waals surface area contributed by atoms with Crippen LogP contribution >= 0.6 is 0 Å². The van der Waals surface area contributed by atoms with E-state index in [4.69, 9.17) is 5.11 Å². The number of aromatic nitrogens is 1. The minimum absolute atomic E-state index is 0.382. The van der Waals surface area contributed by atoms with E-state index in [1.165, 1.54) is 23.8 Å². The first-order valence-electron chi connectivity index (χ1n) is 9.39. The van der Waals surface area contributed by atoms with Gasteiger partial charge in [0.2, 0.25) is 0 Å². The zero-order valence-corrected chi connectivity index (χ0v) is 15.8. The Morgan fingerprint density at radius 1 is 0.966 bits per heavy atom. The third kappa shape index (κ3) is 4.43. The summed E-state index contributed by atoms with van der Waals surface area (Å²) < 4.78 is 15.8. The molecule has 1 aromatic heterocycles. The summed E-state index contributed by atoms with van der Waals surface area (Å²) in [5.41, 5.74) is 4.95. The average molecular weight is 385 g/mol. The smallest absolute Gasteiger partial charge is 0.328 e. The molecule has 4 heteroatoms. The number of halogens is 1. The Balaban J connectivity index is 1.61. The van der Waals surface area contributed by atoms with Crippen LogP contribution in [0.25, 0.3) is 17.0 Å². The van der Waals surface area contributed by atoms with Crippen LogP contribution in [-0.2, 0) is 17.8 Å². The summed E-state index contributed by atoms with van der Waals surface area (Å²) in [6.45, 7) is 0.811. The predicted octanol–water partition coefficient (Wildman–Crippen LogP) is 5.52. The molecule has 0 unspecified atom stereocenters. The zero-order valence-electron chi connectivity index (χ0n) is 15.8. The van der Waals surface area contributed by atoms with Gasteiger partial charge in [0, 0.05) is 24.3 Å². The Morgan fingerprint density at radius 2 is 1.79 bits per heavy atom. The topological polar surface area (TPSA) is 42.2 Å². The Kier molecular flexibility index (Phi) is 5.25. The van der Waals surface area contributed by atoms with Gasteiger partial charge in [0.1, 0.15) is 5.82 Å². The van der Waals surface area contributed by atoms with E-state index < -0.39 is 5.97 Å². The van der Waals surface area contributed by atoms with Gasteiger partial charge < -0.3 is 9.67 Å². The van der Waals surface area contributed by atoms with E-state index in [9.17, 15) is 9.18 Å². The highest BCUT2D eigenvalue weighted by molar-refractivity contribution is 5.85. The molecule has 4 rings (SSSR count). The standard InChI is InChI=1S/C25H20FNO2/c26-23-9-7-20(21(16-23)8-11-25(28)29)14-19-6-10-24-22(15-19)12-13-27(24)17-18-4-2-1-3-5-18/h1-13,15-16H,14,17H2,(H,28,29). The molecular formula is C25H20FNO2. The molecule has 0 radical (unpaired) electrons. The number of carboxylic acids is 1. The van der Waals surface area contributed by atoms with Crippen LogP contribution in [0.15, 0.2) is 85.1 Å². The number of benzene rings is 3. The number of aliphatic carboxylic acids is 1. The molecular weight excluding hydrogens is 365 g/mol. The first kappa shape index (κ1) is 18.7. The van der Waals surface area contributed by atoms with Crippen LogP contribution in [0.5, 0.6) is 0 Å². The molecule has 0 fully saturated rings. The SMILES string of the molecule is O=C(O)C=Cc1cc(F)ccc1Cc1ccc2c(ccn2Cc2ccccc2)c1. The van der Waals surface area contributed by atoms with Gasteiger partial charge >= 0.3 is 5.97 Å². The summed E-state index contributed by atoms with van der Waals surface area (Å²) in [6, 6.07) is 23.2. The number of fused-ring (bicyclic) bond motifs is 1. The first-order valence-corrected chi connectivity index (χ1v) is 9.39. The van der Waals surface area contributed by atoms with Crippen LogP contribution in [0.2, 0.25) is 0 Å². The van der Waals surface area contributed by atoms with Crippen molar-refractivity contribution < 1.29 is 14.3 Å². The maximum absolute atomic E-state index is 13.6. The van der Waals surface area contributed by atoms with Gasteiger partial charge in [0.25, 0.3) is 0 Å². The molecule has 3 nitrogen and oxygen atoms in total. The van der Waals surface area contributed by atoms with Crippen LogP contribution < -0.4 is 0 Å². The summed E-state index contributed by atoms with van der Waals surface area (Å²) in [5.74, 6) is -1.44. The first-order chi connectivity index (χ1) is 14.1. The van der Waals surface area contributed by atoms with E-state index in [0.717, 1.165) is 34.7 Å². The normalized spacial score (nSPS) is 11.3. The molecule has 0 aliphatic carbocycles. The van der Waals surface area contributed by atoms with E-state index in [0.29, 0.717) is 12.0 Å². The molecule has 0 saturated heterocycles. The second-order valence-electron chi connectivity index (χ2n) is 7.01. The molecule has 1 heterocycles. The van der Waals surface area contributed by atoms with E-state index in [1.807, 2.05) is 18.2 Å². The fourth-order valence-electron chi connectivity index (χ4n) is 3.54. The van der Waals surface area contributed by atoms with Crippen molar-refractivity contribution >= 4 is 22.9 Å². The molecule has 0 amide bonds. The second kappa shape index (κ2) is 8.15. The number of carbonyl (C=O) groups is 1. The number of hydrogen-bond acceptors (Lipinski definition) is 1. The lowest BCUT2D eigenvalue weighted by Crippen LogP contribution is -1.98. The number of rotatable bonds is 6. The van der Waals surface area contributed by atoms with Crippen molar-refractivity contribution in [3.05, 3.63) is 113 Å². The fourth-order valence-corrected chi connectivity index (χ4v) is 3.54. The molecule has 0 aliphatic rings. The molecule has 0 saturated carbocycles. The molecule has 0 aliphatic heterocycles. The van der Waals surface area contributed by atoms with Gasteiger partial charge in [0.05, 0.1) is 0 Å². The lowest BCUT2D eigenvalue weighted by atomic mass is 9.98. The third-order valence-corrected chi connectivity index (χ3v) is 4.94. The van der Waals surface area contributed by atoms with Gasteiger partial charge in [-0.05, 0) is 70.5 Å². The molecule has 0 atom stereocenters. The highest BCUT2D eigenvalue weighted by atomic mass is 19.1. The largest absolute Gasteiger partial charge is 0.478 e. The molecule has 0 bridgehead atoms. The van der Waals surface area contributed by atoms with Gasteiger partial charge in [-0.15, -0.1) is 0 Å². The Labute approximate surface area is 168 Å². The Bertz CT molecular complexity index is 1190. The van der Waals surface area contributed by atoms with Crippen molar-refractivity contribution in [1.82, 2.24) is 4.57 Å². The monoisotopic (exact) mass is 385 g/mol. The van der Waals surface area contributed by atoms with Crippen molar-refractivity contribution in [2.75, 3.05) is 0 Å². The van der Waals surface area contributed by atoms with Crippen molar-refractivity contribution in [1.29, 1.82) is 0 Å². The van der Waals surface area contributed by atoms with Crippen LogP contribution in [0, 0.1) is 5.82 Å². The van der Waals surface area contributed by atoms with Crippen molar-refractivity contribution in [2.45, 2.75) is 13.0 Å². The molecule has 3 aromatic carbocycles. The van der Waals surface area contributed by atoms with Crippen molar-refractivity contribution in [2.24, 2.45) is 0 Å². The maximum atomic E-state index is 13.6. The van der Waals surface area contributed by atoms with Crippen LogP contribution in [-0.4, -0.2) is 15.6 Å². The van der Waals surface area contributed by atoms with Gasteiger partial charge in [0.15, 0.2) is 0 Å².